The Balaban J connectivity index is 3.25. The van der Waals surface area contributed by atoms with Gasteiger partial charge in [0.2, 0.25) is 5.95 Å². The molecule has 0 unspecified atom stereocenters. The van der Waals surface area contributed by atoms with E-state index < -0.39 is 11.8 Å². The summed E-state index contributed by atoms with van der Waals surface area (Å²) < 4.78 is 24.2. The van der Waals surface area contributed by atoms with Crippen molar-refractivity contribution in [3.63, 3.8) is 0 Å². The molecule has 1 nitrogen and oxygen atoms in total. The van der Waals surface area contributed by atoms with Crippen LogP contribution in [0, 0.1) is 11.8 Å². The summed E-state index contributed by atoms with van der Waals surface area (Å²) in [6.45, 7) is 0. The van der Waals surface area contributed by atoms with Crippen molar-refractivity contribution in [2.45, 2.75) is 0 Å². The van der Waals surface area contributed by atoms with Crippen LogP contribution in [0.2, 0.25) is 5.02 Å². The largest absolute Gasteiger partial charge is 0.250 e. The molecule has 9 heavy (non-hydrogen) atoms. The second-order valence-electron chi connectivity index (χ2n) is 1.40. The molecule has 1 rings (SSSR count). The molecule has 0 fully saturated rings. The van der Waals surface area contributed by atoms with E-state index in [0.29, 0.717) is 0 Å². The van der Waals surface area contributed by atoms with E-state index in [2.05, 4.69) is 4.98 Å². The molecular formula is C5H2ClF2N. The first-order valence-corrected chi connectivity index (χ1v) is 2.55. The highest BCUT2D eigenvalue weighted by Crippen LogP contribution is 2.13. The molecule has 0 saturated heterocycles. The molecule has 0 aliphatic rings. The smallest absolute Gasteiger partial charge is 0.226 e. The maximum atomic E-state index is 12.2. The van der Waals surface area contributed by atoms with Gasteiger partial charge in [0.25, 0.3) is 0 Å². The molecule has 0 radical (unpaired) electrons. The van der Waals surface area contributed by atoms with Crippen molar-refractivity contribution in [3.05, 3.63) is 29.1 Å². The van der Waals surface area contributed by atoms with Gasteiger partial charge in [-0.2, -0.15) is 4.39 Å². The van der Waals surface area contributed by atoms with Gasteiger partial charge in [-0.15, -0.1) is 0 Å². The predicted molar refractivity (Wildman–Crippen MR) is 29.2 cm³/mol. The lowest BCUT2D eigenvalue weighted by molar-refractivity contribution is 0.479. The fourth-order valence-electron chi connectivity index (χ4n) is 0.397. The molecule has 1 aromatic heterocycles. The summed E-state index contributed by atoms with van der Waals surface area (Å²) in [4.78, 5) is 3.01. The highest BCUT2D eigenvalue weighted by atomic mass is 35.5. The van der Waals surface area contributed by atoms with Gasteiger partial charge >= 0.3 is 0 Å². The zero-order valence-electron chi connectivity index (χ0n) is 4.24. The van der Waals surface area contributed by atoms with Crippen LogP contribution in [0.25, 0.3) is 0 Å². The third-order valence-corrected chi connectivity index (χ3v) is 1.09. The quantitative estimate of drug-likeness (QED) is 0.515. The van der Waals surface area contributed by atoms with Crippen LogP contribution in [0.3, 0.4) is 0 Å². The summed E-state index contributed by atoms with van der Waals surface area (Å²) in [5.41, 5.74) is 0. The number of aromatic nitrogens is 1. The fourth-order valence-corrected chi connectivity index (χ4v) is 0.531. The Bertz CT molecular complexity index is 206. The van der Waals surface area contributed by atoms with E-state index in [1.54, 1.807) is 0 Å². The molecule has 4 heteroatoms. The van der Waals surface area contributed by atoms with Gasteiger partial charge in [-0.25, -0.2) is 9.37 Å². The molecule has 0 N–H and O–H groups in total. The Morgan fingerprint density at radius 1 is 1.44 bits per heavy atom. The zero-order chi connectivity index (χ0) is 6.85. The van der Waals surface area contributed by atoms with Gasteiger partial charge in [0.1, 0.15) is 0 Å². The van der Waals surface area contributed by atoms with E-state index in [0.717, 1.165) is 6.20 Å². The van der Waals surface area contributed by atoms with Gasteiger partial charge < -0.3 is 0 Å². The van der Waals surface area contributed by atoms with E-state index in [-0.39, 0.29) is 5.02 Å². The number of nitrogens with zero attached hydrogens (tertiary/aromatic N) is 1. The highest BCUT2D eigenvalue weighted by Gasteiger charge is 2.04. The van der Waals surface area contributed by atoms with Crippen LogP contribution in [0.4, 0.5) is 8.78 Å². The van der Waals surface area contributed by atoms with Crippen molar-refractivity contribution in [1.29, 1.82) is 0 Å². The van der Waals surface area contributed by atoms with Crippen LogP contribution in [0.15, 0.2) is 12.3 Å². The third kappa shape index (κ3) is 1.16. The number of rotatable bonds is 0. The molecule has 1 heterocycles. The summed E-state index contributed by atoms with van der Waals surface area (Å²) in [5.74, 6) is -2.26. The molecule has 0 amide bonds. The van der Waals surface area contributed by atoms with Gasteiger partial charge in [0.15, 0.2) is 5.82 Å². The molecule has 0 spiro atoms. The SMILES string of the molecule is Fc1nccc(Cl)c1F. The summed E-state index contributed by atoms with van der Waals surface area (Å²) in [7, 11) is 0. The van der Waals surface area contributed by atoms with Crippen molar-refractivity contribution in [3.8, 4) is 0 Å². The average Bonchev–Trinajstić information content (AvgIpc) is 1.83. The standard InChI is InChI=1S/C5H2ClF2N/c6-3-1-2-9-5(8)4(3)7/h1-2H. The zero-order valence-corrected chi connectivity index (χ0v) is 4.99. The first-order valence-electron chi connectivity index (χ1n) is 2.17. The maximum absolute atomic E-state index is 12.2. The lowest BCUT2D eigenvalue weighted by atomic mass is 10.5. The van der Waals surface area contributed by atoms with Gasteiger partial charge in [-0.05, 0) is 6.07 Å². The monoisotopic (exact) mass is 149 g/mol. The second kappa shape index (κ2) is 2.27. The highest BCUT2D eigenvalue weighted by molar-refractivity contribution is 6.30. The minimum Gasteiger partial charge on any atom is -0.226 e. The molecule has 0 aliphatic carbocycles. The molecule has 48 valence electrons. The van der Waals surface area contributed by atoms with Gasteiger partial charge in [-0.3, -0.25) is 0 Å². The van der Waals surface area contributed by atoms with Gasteiger partial charge in [0, 0.05) is 6.20 Å². The van der Waals surface area contributed by atoms with E-state index in [1.807, 2.05) is 0 Å². The Morgan fingerprint density at radius 2 is 2.11 bits per heavy atom. The summed E-state index contributed by atoms with van der Waals surface area (Å²) in [6.07, 6.45) is 1.10. The van der Waals surface area contributed by atoms with Crippen molar-refractivity contribution in [2.75, 3.05) is 0 Å². The van der Waals surface area contributed by atoms with Crippen LogP contribution in [-0.4, -0.2) is 4.98 Å². The van der Waals surface area contributed by atoms with Crippen molar-refractivity contribution in [2.24, 2.45) is 0 Å². The van der Waals surface area contributed by atoms with Crippen LogP contribution < -0.4 is 0 Å². The van der Waals surface area contributed by atoms with Crippen LogP contribution in [-0.2, 0) is 0 Å². The molecule has 0 aromatic carbocycles. The van der Waals surface area contributed by atoms with E-state index in [9.17, 15) is 8.78 Å². The first kappa shape index (κ1) is 6.42. The number of hydrogen-bond donors (Lipinski definition) is 0. The minimum atomic E-state index is -1.16. The van der Waals surface area contributed by atoms with Crippen molar-refractivity contribution >= 4 is 11.6 Å². The number of halogens is 3. The molecule has 0 bridgehead atoms. The van der Waals surface area contributed by atoms with E-state index >= 15 is 0 Å². The molecule has 0 aliphatic heterocycles. The predicted octanol–water partition coefficient (Wildman–Crippen LogP) is 2.01. The van der Waals surface area contributed by atoms with Gasteiger partial charge in [0.05, 0.1) is 5.02 Å². The average molecular weight is 150 g/mol. The van der Waals surface area contributed by atoms with E-state index in [1.165, 1.54) is 6.07 Å². The van der Waals surface area contributed by atoms with Crippen LogP contribution in [0.1, 0.15) is 0 Å². The normalized spacial score (nSPS) is 9.67. The maximum Gasteiger partial charge on any atom is 0.250 e. The Labute approximate surface area is 55.3 Å². The minimum absolute atomic E-state index is 0.248. The molecule has 0 atom stereocenters. The number of pyridine rings is 1. The van der Waals surface area contributed by atoms with Crippen LogP contribution in [0.5, 0.6) is 0 Å². The van der Waals surface area contributed by atoms with Crippen molar-refractivity contribution in [1.82, 2.24) is 4.98 Å². The molecule has 1 aromatic rings. The fraction of sp³-hybridized carbons (Fsp3) is 0. The summed E-state index contributed by atoms with van der Waals surface area (Å²) in [6, 6.07) is 1.18. The van der Waals surface area contributed by atoms with Crippen molar-refractivity contribution < 1.29 is 8.78 Å². The van der Waals surface area contributed by atoms with Crippen LogP contribution >= 0.6 is 11.6 Å². The Morgan fingerprint density at radius 3 is 2.56 bits per heavy atom. The lowest BCUT2D eigenvalue weighted by Gasteiger charge is -1.90. The lowest BCUT2D eigenvalue weighted by Crippen LogP contribution is -1.87. The van der Waals surface area contributed by atoms with Gasteiger partial charge in [-0.1, -0.05) is 11.6 Å². The Kier molecular flexibility index (Phi) is 1.62. The van der Waals surface area contributed by atoms with E-state index in [4.69, 9.17) is 11.6 Å². The number of hydrogen-bond acceptors (Lipinski definition) is 1. The first-order chi connectivity index (χ1) is 4.22. The molecular weight excluding hydrogens is 148 g/mol. The summed E-state index contributed by atoms with van der Waals surface area (Å²) >= 11 is 5.16. The summed E-state index contributed by atoms with van der Waals surface area (Å²) in [5, 5.41) is -0.248. The molecule has 0 saturated carbocycles. The second-order valence-corrected chi connectivity index (χ2v) is 1.80. The Hall–Kier alpha value is -0.700. The topological polar surface area (TPSA) is 12.9 Å². The third-order valence-electron chi connectivity index (χ3n) is 0.800.